The van der Waals surface area contributed by atoms with Crippen LogP contribution in [0, 0.1) is 25.2 Å². The summed E-state index contributed by atoms with van der Waals surface area (Å²) in [5.74, 6) is -2.11. The minimum absolute atomic E-state index is 0.00288. The topological polar surface area (TPSA) is 283 Å². The number of unbranched alkanes of at least 4 members (excludes halogenated alkanes) is 1. The number of nitriles is 1. The Labute approximate surface area is 385 Å². The van der Waals surface area contributed by atoms with E-state index in [0.717, 1.165) is 30.4 Å². The number of nitrogens with zero attached hydrogens (tertiary/aromatic N) is 4. The lowest BCUT2D eigenvalue weighted by Crippen LogP contribution is -2.56. The van der Waals surface area contributed by atoms with E-state index < -0.39 is 53.7 Å². The molecular weight excluding hydrogens is 843 g/mol. The number of carbonyl (C=O) groups excluding carboxylic acids is 5. The molecule has 3 aromatic carbocycles. The lowest BCUT2D eigenvalue weighted by atomic mass is 9.93. The van der Waals surface area contributed by atoms with Crippen LogP contribution in [0.15, 0.2) is 60.8 Å². The lowest BCUT2D eigenvalue weighted by molar-refractivity contribution is -0.141. The van der Waals surface area contributed by atoms with Gasteiger partial charge in [-0.3, -0.25) is 24.0 Å². The van der Waals surface area contributed by atoms with Gasteiger partial charge in [0.05, 0.1) is 17.3 Å². The molecule has 350 valence electrons. The highest BCUT2D eigenvalue weighted by atomic mass is 16.5. The molecular formula is C48H61N11O7. The molecule has 0 saturated heterocycles. The number of hydrogen-bond acceptors (Lipinski definition) is 13. The van der Waals surface area contributed by atoms with E-state index in [9.17, 15) is 24.0 Å². The van der Waals surface area contributed by atoms with Crippen molar-refractivity contribution >= 4 is 29.5 Å². The number of nitrogens with one attached hydrogen (secondary N) is 4. The van der Waals surface area contributed by atoms with Crippen LogP contribution in [0.3, 0.4) is 0 Å². The van der Waals surface area contributed by atoms with Crippen molar-refractivity contribution in [1.82, 2.24) is 36.1 Å². The van der Waals surface area contributed by atoms with Crippen LogP contribution in [0.5, 0.6) is 11.5 Å². The Balaban J connectivity index is 1.55. The van der Waals surface area contributed by atoms with Gasteiger partial charge in [0, 0.05) is 49.4 Å². The molecule has 4 bridgehead atoms. The molecule has 1 aliphatic rings. The summed E-state index contributed by atoms with van der Waals surface area (Å²) in [6.45, 7) is 7.65. The fraction of sp³-hybridized carbons (Fsp3) is 0.417. The largest absolute Gasteiger partial charge is 0.492 e. The number of amides is 5. The number of hydrogen-bond donors (Lipinski definition) is 7. The molecule has 10 N–H and O–H groups in total. The Bertz CT molecular complexity index is 2440. The van der Waals surface area contributed by atoms with Gasteiger partial charge in [0.2, 0.25) is 23.6 Å². The van der Waals surface area contributed by atoms with Crippen molar-refractivity contribution in [3.05, 3.63) is 94.3 Å². The van der Waals surface area contributed by atoms with Crippen LogP contribution < -0.4 is 47.9 Å². The highest BCUT2D eigenvalue weighted by molar-refractivity contribution is 6.00. The maximum Gasteiger partial charge on any atom is 0.255 e. The molecule has 0 spiro atoms. The zero-order valence-electron chi connectivity index (χ0n) is 38.2. The number of aromatic nitrogens is 2. The number of carbonyl (C=O) groups is 5. The number of benzene rings is 3. The van der Waals surface area contributed by atoms with E-state index in [0.29, 0.717) is 45.3 Å². The average molecular weight is 904 g/mol. The van der Waals surface area contributed by atoms with Crippen molar-refractivity contribution in [3.8, 4) is 40.1 Å². The van der Waals surface area contributed by atoms with Crippen LogP contribution in [0.2, 0.25) is 0 Å². The maximum absolute atomic E-state index is 14.7. The standard InChI is InChI=1S/C48H61N11O7/c1-6-7-8-31-9-12-34(28(2)23-31)43-54-27-37(29(3)55-43)45(61)57-38(15-16-49)48(64)59(5)42-33-11-14-41(66-22-19-52)36(26-33)35-24-32(10-13-40(35)65-21-18-51)25-39(46(62)53-20-17-50)58-44(60)30(4)56-47(42)63/h9-14,23-24,26-27,30,38-39,42H,6-8,15-16,18-22,25,49,51-52H2,1-5H3,(H,53,62)(H,56,63)(H,57,61)(H,58,60). The second kappa shape index (κ2) is 23.8. The number of rotatable bonds is 18. The monoisotopic (exact) mass is 903 g/mol. The summed E-state index contributed by atoms with van der Waals surface area (Å²) >= 11 is 0. The summed E-state index contributed by atoms with van der Waals surface area (Å²) in [5.41, 5.74) is 23.2. The SMILES string of the molecule is CCCCc1ccc(-c2ncc(C(=O)NC(CCN)C(=O)N(C)C3C(=O)NC(C)C(=O)NC(C(=O)NCC#N)Cc4ccc(OCCN)c(c4)-c4cc3ccc4OCCN)c(C)n2)c(C)c1. The van der Waals surface area contributed by atoms with Crippen LogP contribution in [0.1, 0.15) is 77.5 Å². The van der Waals surface area contributed by atoms with Gasteiger partial charge >= 0.3 is 0 Å². The summed E-state index contributed by atoms with van der Waals surface area (Å²) in [7, 11) is 1.42. The molecule has 0 aliphatic carbocycles. The first-order valence-electron chi connectivity index (χ1n) is 22.1. The van der Waals surface area contributed by atoms with Gasteiger partial charge in [-0.1, -0.05) is 43.7 Å². The second-order valence-corrected chi connectivity index (χ2v) is 16.1. The smallest absolute Gasteiger partial charge is 0.255 e. The molecule has 4 atom stereocenters. The van der Waals surface area contributed by atoms with E-state index >= 15 is 0 Å². The van der Waals surface area contributed by atoms with Crippen molar-refractivity contribution in [3.63, 3.8) is 0 Å². The molecule has 2 heterocycles. The average Bonchev–Trinajstić information content (AvgIpc) is 3.30. The molecule has 4 unspecified atom stereocenters. The van der Waals surface area contributed by atoms with Gasteiger partial charge in [-0.25, -0.2) is 9.97 Å². The lowest BCUT2D eigenvalue weighted by Gasteiger charge is -2.32. The van der Waals surface area contributed by atoms with Crippen molar-refractivity contribution in [1.29, 1.82) is 5.26 Å². The van der Waals surface area contributed by atoms with E-state index in [1.807, 2.05) is 19.1 Å². The molecule has 0 fully saturated rings. The first-order chi connectivity index (χ1) is 31.7. The van der Waals surface area contributed by atoms with E-state index in [2.05, 4.69) is 50.3 Å². The van der Waals surface area contributed by atoms with Gasteiger partial charge in [0.25, 0.3) is 5.91 Å². The third kappa shape index (κ3) is 12.4. The molecule has 4 aromatic rings. The zero-order chi connectivity index (χ0) is 47.9. The molecule has 0 saturated carbocycles. The summed E-state index contributed by atoms with van der Waals surface area (Å²) < 4.78 is 12.2. The molecule has 5 rings (SSSR count). The van der Waals surface area contributed by atoms with Crippen LogP contribution >= 0.6 is 0 Å². The van der Waals surface area contributed by atoms with Crippen molar-refractivity contribution in [2.75, 3.05) is 46.4 Å². The molecule has 1 aliphatic heterocycles. The summed E-state index contributed by atoms with van der Waals surface area (Å²) in [5, 5.41) is 19.9. The highest BCUT2D eigenvalue weighted by Crippen LogP contribution is 2.40. The first-order valence-corrected chi connectivity index (χ1v) is 22.1. The second-order valence-electron chi connectivity index (χ2n) is 16.1. The maximum atomic E-state index is 14.7. The van der Waals surface area contributed by atoms with Crippen LogP contribution in [0.25, 0.3) is 22.5 Å². The van der Waals surface area contributed by atoms with Crippen molar-refractivity contribution < 1.29 is 33.4 Å². The number of fused-ring (bicyclic) bond motifs is 5. The van der Waals surface area contributed by atoms with Gasteiger partial charge in [0.15, 0.2) is 5.82 Å². The summed E-state index contributed by atoms with van der Waals surface area (Å²) in [6, 6.07) is 13.2. The molecule has 0 radical (unpaired) electrons. The van der Waals surface area contributed by atoms with E-state index in [1.54, 1.807) is 43.3 Å². The van der Waals surface area contributed by atoms with Gasteiger partial charge < -0.3 is 52.8 Å². The highest BCUT2D eigenvalue weighted by Gasteiger charge is 2.36. The Hall–Kier alpha value is -6.94. The Morgan fingerprint density at radius 1 is 0.924 bits per heavy atom. The van der Waals surface area contributed by atoms with Crippen molar-refractivity contribution in [2.45, 2.75) is 84.0 Å². The van der Waals surface area contributed by atoms with Gasteiger partial charge in [-0.2, -0.15) is 5.26 Å². The molecule has 66 heavy (non-hydrogen) atoms. The molecule has 18 nitrogen and oxygen atoms in total. The minimum Gasteiger partial charge on any atom is -0.492 e. The van der Waals surface area contributed by atoms with Gasteiger partial charge in [-0.15, -0.1) is 0 Å². The van der Waals surface area contributed by atoms with Crippen LogP contribution in [0.4, 0.5) is 0 Å². The quantitative estimate of drug-likeness (QED) is 0.0707. The summed E-state index contributed by atoms with van der Waals surface area (Å²) in [4.78, 5) is 80.6. The number of likely N-dealkylation sites (N-methyl/N-ethyl adjacent to an activating group) is 1. The Morgan fingerprint density at radius 3 is 2.26 bits per heavy atom. The Kier molecular flexibility index (Phi) is 18.1. The van der Waals surface area contributed by atoms with E-state index in [-0.39, 0.29) is 57.8 Å². The van der Waals surface area contributed by atoms with Gasteiger partial charge in [0.1, 0.15) is 55.4 Å². The fourth-order valence-corrected chi connectivity index (χ4v) is 7.70. The van der Waals surface area contributed by atoms with E-state index in [4.69, 9.17) is 31.9 Å². The molecule has 18 heteroatoms. The molecule has 1 aromatic heterocycles. The first kappa shape index (κ1) is 50.1. The van der Waals surface area contributed by atoms with Gasteiger partial charge in [-0.05, 0) is 93.1 Å². The number of nitrogens with two attached hydrogens (primary N) is 3. The predicted octanol–water partition coefficient (Wildman–Crippen LogP) is 2.28. The third-order valence-corrected chi connectivity index (χ3v) is 11.2. The fourth-order valence-electron chi connectivity index (χ4n) is 7.70. The molecule has 5 amide bonds. The number of ether oxygens (including phenoxy) is 2. The number of aryl methyl sites for hydroxylation is 3. The van der Waals surface area contributed by atoms with Crippen LogP contribution in [-0.4, -0.2) is 109 Å². The van der Waals surface area contributed by atoms with E-state index in [1.165, 1.54) is 30.6 Å². The van der Waals surface area contributed by atoms with Crippen molar-refractivity contribution in [2.24, 2.45) is 17.2 Å². The minimum atomic E-state index is -1.40. The Morgan fingerprint density at radius 2 is 1.62 bits per heavy atom. The third-order valence-electron chi connectivity index (χ3n) is 11.2. The normalized spacial score (nSPS) is 16.4. The van der Waals surface area contributed by atoms with Crippen LogP contribution in [-0.2, 0) is 32.0 Å². The summed E-state index contributed by atoms with van der Waals surface area (Å²) in [6.07, 6.45) is 4.59. The zero-order valence-corrected chi connectivity index (χ0v) is 38.2. The predicted molar refractivity (Wildman–Crippen MR) is 249 cm³/mol.